The average Bonchev–Trinajstić information content (AvgIpc) is 2.69. The van der Waals surface area contributed by atoms with Crippen LogP contribution in [0.3, 0.4) is 0 Å². The number of carbonyl (C=O) groups excluding carboxylic acids is 1. The molecule has 0 aliphatic rings. The van der Waals surface area contributed by atoms with Gasteiger partial charge in [0.25, 0.3) is 5.91 Å². The number of rotatable bonds is 6. The highest BCUT2D eigenvalue weighted by atomic mass is 32.2. The number of anilines is 1. The lowest BCUT2D eigenvalue weighted by Crippen LogP contribution is -2.23. The molecule has 1 amide bonds. The maximum atomic E-state index is 12.6. The van der Waals surface area contributed by atoms with E-state index < -0.39 is 10.0 Å². The average molecular weight is 394 g/mol. The fourth-order valence-electron chi connectivity index (χ4n) is 2.81. The summed E-state index contributed by atoms with van der Waals surface area (Å²) in [5.74, 6) is -0.355. The molecule has 2 N–H and O–H groups in total. The lowest BCUT2D eigenvalue weighted by Gasteiger charge is -2.11. The Morgan fingerprint density at radius 2 is 1.64 bits per heavy atom. The zero-order valence-electron chi connectivity index (χ0n) is 15.8. The molecule has 0 bridgehead atoms. The molecule has 5 nitrogen and oxygen atoms in total. The van der Waals surface area contributed by atoms with Gasteiger partial charge in [0.15, 0.2) is 0 Å². The van der Waals surface area contributed by atoms with Gasteiger partial charge in [-0.3, -0.25) is 4.79 Å². The van der Waals surface area contributed by atoms with Gasteiger partial charge in [0.2, 0.25) is 10.0 Å². The SMILES string of the molecule is Cc1ccc(NC(=O)c2cccc(S(=O)(=O)NCc3ccccc3)c2)c(C)c1. The summed E-state index contributed by atoms with van der Waals surface area (Å²) in [7, 11) is -3.73. The van der Waals surface area contributed by atoms with Crippen LogP contribution in [-0.4, -0.2) is 14.3 Å². The zero-order chi connectivity index (χ0) is 20.1. The van der Waals surface area contributed by atoms with Gasteiger partial charge < -0.3 is 5.32 Å². The first-order chi connectivity index (χ1) is 13.3. The highest BCUT2D eigenvalue weighted by Crippen LogP contribution is 2.18. The number of nitrogens with one attached hydrogen (secondary N) is 2. The van der Waals surface area contributed by atoms with Gasteiger partial charge in [-0.05, 0) is 49.2 Å². The van der Waals surface area contributed by atoms with Crippen LogP contribution < -0.4 is 10.0 Å². The van der Waals surface area contributed by atoms with Crippen LogP contribution in [0.5, 0.6) is 0 Å². The molecule has 3 rings (SSSR count). The van der Waals surface area contributed by atoms with E-state index in [1.807, 2.05) is 62.4 Å². The van der Waals surface area contributed by atoms with Crippen LogP contribution in [0.25, 0.3) is 0 Å². The summed E-state index contributed by atoms with van der Waals surface area (Å²) >= 11 is 0. The smallest absolute Gasteiger partial charge is 0.255 e. The molecule has 28 heavy (non-hydrogen) atoms. The molecule has 0 atom stereocenters. The van der Waals surface area contributed by atoms with Gasteiger partial charge >= 0.3 is 0 Å². The Bertz CT molecular complexity index is 1090. The third kappa shape index (κ3) is 4.85. The molecule has 0 saturated heterocycles. The summed E-state index contributed by atoms with van der Waals surface area (Å²) in [5.41, 5.74) is 3.89. The summed E-state index contributed by atoms with van der Waals surface area (Å²) in [6, 6.07) is 21.0. The summed E-state index contributed by atoms with van der Waals surface area (Å²) in [6.45, 7) is 4.08. The van der Waals surface area contributed by atoms with Crippen LogP contribution in [0.1, 0.15) is 27.0 Å². The summed E-state index contributed by atoms with van der Waals surface area (Å²) in [5, 5.41) is 2.84. The van der Waals surface area contributed by atoms with E-state index in [-0.39, 0.29) is 22.9 Å². The van der Waals surface area contributed by atoms with Crippen molar-refractivity contribution in [2.75, 3.05) is 5.32 Å². The lowest BCUT2D eigenvalue weighted by molar-refractivity contribution is 0.102. The molecule has 0 aliphatic heterocycles. The van der Waals surface area contributed by atoms with Crippen LogP contribution >= 0.6 is 0 Å². The minimum Gasteiger partial charge on any atom is -0.322 e. The van der Waals surface area contributed by atoms with Crippen molar-refractivity contribution in [1.29, 1.82) is 0 Å². The Kier molecular flexibility index (Phi) is 5.92. The second kappa shape index (κ2) is 8.37. The van der Waals surface area contributed by atoms with Crippen molar-refractivity contribution in [3.63, 3.8) is 0 Å². The van der Waals surface area contributed by atoms with E-state index in [1.165, 1.54) is 12.1 Å². The van der Waals surface area contributed by atoms with Crippen molar-refractivity contribution < 1.29 is 13.2 Å². The Morgan fingerprint density at radius 1 is 0.893 bits per heavy atom. The van der Waals surface area contributed by atoms with E-state index in [0.717, 1.165) is 16.7 Å². The number of amides is 1. The molecule has 0 aromatic heterocycles. The normalized spacial score (nSPS) is 11.2. The predicted molar refractivity (Wildman–Crippen MR) is 111 cm³/mol. The lowest BCUT2D eigenvalue weighted by atomic mass is 10.1. The van der Waals surface area contributed by atoms with E-state index in [2.05, 4.69) is 10.0 Å². The van der Waals surface area contributed by atoms with Gasteiger partial charge in [-0.25, -0.2) is 13.1 Å². The van der Waals surface area contributed by atoms with Crippen LogP contribution in [0.4, 0.5) is 5.69 Å². The Balaban J connectivity index is 1.76. The number of aryl methyl sites for hydroxylation is 2. The molecule has 3 aromatic carbocycles. The van der Waals surface area contributed by atoms with Crippen LogP contribution in [0.15, 0.2) is 77.7 Å². The summed E-state index contributed by atoms with van der Waals surface area (Å²) in [6.07, 6.45) is 0. The fraction of sp³-hybridized carbons (Fsp3) is 0.136. The molecular formula is C22H22N2O3S. The third-order valence-corrected chi connectivity index (χ3v) is 5.74. The second-order valence-corrected chi connectivity index (χ2v) is 8.38. The summed E-state index contributed by atoms with van der Waals surface area (Å²) in [4.78, 5) is 12.6. The predicted octanol–water partition coefficient (Wildman–Crippen LogP) is 4.03. The first kappa shape index (κ1) is 19.8. The minimum absolute atomic E-state index is 0.0525. The molecule has 0 unspecified atom stereocenters. The van der Waals surface area contributed by atoms with E-state index in [9.17, 15) is 13.2 Å². The molecule has 0 spiro atoms. The van der Waals surface area contributed by atoms with Crippen molar-refractivity contribution in [3.8, 4) is 0 Å². The Hall–Kier alpha value is -2.96. The highest BCUT2D eigenvalue weighted by molar-refractivity contribution is 7.89. The van der Waals surface area contributed by atoms with Crippen LogP contribution in [0.2, 0.25) is 0 Å². The number of carbonyl (C=O) groups is 1. The first-order valence-corrected chi connectivity index (χ1v) is 10.4. The van der Waals surface area contributed by atoms with Crippen LogP contribution in [0, 0.1) is 13.8 Å². The molecule has 0 fully saturated rings. The quantitative estimate of drug-likeness (QED) is 0.663. The van der Waals surface area contributed by atoms with Gasteiger partial charge in [-0.15, -0.1) is 0 Å². The third-order valence-electron chi connectivity index (χ3n) is 4.35. The maximum absolute atomic E-state index is 12.6. The monoisotopic (exact) mass is 394 g/mol. The van der Waals surface area contributed by atoms with E-state index in [1.54, 1.807) is 12.1 Å². The number of hydrogen-bond donors (Lipinski definition) is 2. The number of hydrogen-bond acceptors (Lipinski definition) is 3. The number of sulfonamides is 1. The fourth-order valence-corrected chi connectivity index (χ4v) is 3.87. The van der Waals surface area contributed by atoms with Gasteiger partial charge in [0.1, 0.15) is 0 Å². The molecule has 0 radical (unpaired) electrons. The highest BCUT2D eigenvalue weighted by Gasteiger charge is 2.16. The molecular weight excluding hydrogens is 372 g/mol. The van der Waals surface area contributed by atoms with Crippen molar-refractivity contribution in [3.05, 3.63) is 95.1 Å². The van der Waals surface area contributed by atoms with E-state index >= 15 is 0 Å². The minimum atomic E-state index is -3.73. The van der Waals surface area contributed by atoms with Gasteiger partial charge in [-0.1, -0.05) is 54.1 Å². The van der Waals surface area contributed by atoms with E-state index in [0.29, 0.717) is 5.69 Å². The molecule has 0 saturated carbocycles. The molecule has 6 heteroatoms. The first-order valence-electron chi connectivity index (χ1n) is 8.87. The molecule has 0 aliphatic carbocycles. The standard InChI is InChI=1S/C22H22N2O3S/c1-16-11-12-21(17(2)13-16)24-22(25)19-9-6-10-20(14-19)28(26,27)23-15-18-7-4-3-5-8-18/h3-14,23H,15H2,1-2H3,(H,24,25). The van der Waals surface area contributed by atoms with E-state index in [4.69, 9.17) is 0 Å². The Labute approximate surface area is 165 Å². The van der Waals surface area contributed by atoms with Gasteiger partial charge in [0.05, 0.1) is 4.90 Å². The summed E-state index contributed by atoms with van der Waals surface area (Å²) < 4.78 is 27.7. The van der Waals surface area contributed by atoms with Gasteiger partial charge in [-0.2, -0.15) is 0 Å². The molecule has 3 aromatic rings. The zero-order valence-corrected chi connectivity index (χ0v) is 16.6. The van der Waals surface area contributed by atoms with Crippen LogP contribution in [-0.2, 0) is 16.6 Å². The topological polar surface area (TPSA) is 75.3 Å². The van der Waals surface area contributed by atoms with Crippen molar-refractivity contribution in [1.82, 2.24) is 4.72 Å². The molecule has 0 heterocycles. The van der Waals surface area contributed by atoms with Crippen molar-refractivity contribution in [2.24, 2.45) is 0 Å². The second-order valence-electron chi connectivity index (χ2n) is 6.61. The maximum Gasteiger partial charge on any atom is 0.255 e. The molecule has 144 valence electrons. The van der Waals surface area contributed by atoms with Crippen molar-refractivity contribution >= 4 is 21.6 Å². The number of benzene rings is 3. The van der Waals surface area contributed by atoms with Crippen molar-refractivity contribution in [2.45, 2.75) is 25.3 Å². The largest absolute Gasteiger partial charge is 0.322 e. The Morgan fingerprint density at radius 3 is 2.36 bits per heavy atom. The van der Waals surface area contributed by atoms with Gasteiger partial charge in [0, 0.05) is 17.8 Å².